The van der Waals surface area contributed by atoms with Crippen LogP contribution in [-0.4, -0.2) is 18.7 Å². The summed E-state index contributed by atoms with van der Waals surface area (Å²) in [5, 5.41) is 0. The predicted octanol–water partition coefficient (Wildman–Crippen LogP) is 2.31. The fourth-order valence-corrected chi connectivity index (χ4v) is 1.94. The molecule has 1 fully saturated rings. The Bertz CT molecular complexity index is 452. The molecule has 0 unspecified atom stereocenters. The Labute approximate surface area is 107 Å². The van der Waals surface area contributed by atoms with Gasteiger partial charge in [-0.25, -0.2) is 0 Å². The summed E-state index contributed by atoms with van der Waals surface area (Å²) in [7, 11) is 1.37. The molecule has 4 nitrogen and oxygen atoms in total. The summed E-state index contributed by atoms with van der Waals surface area (Å²) in [5.74, 6) is 0.484. The first-order chi connectivity index (χ1) is 8.58. The summed E-state index contributed by atoms with van der Waals surface area (Å²) in [6.45, 7) is 2.12. The summed E-state index contributed by atoms with van der Waals surface area (Å²) in [6.07, 6.45) is 3.38. The van der Waals surface area contributed by atoms with Crippen LogP contribution in [0.25, 0.3) is 0 Å². The molecule has 0 aliphatic heterocycles. The Morgan fingerprint density at radius 1 is 1.44 bits per heavy atom. The van der Waals surface area contributed by atoms with Crippen molar-refractivity contribution in [1.29, 1.82) is 0 Å². The largest absolute Gasteiger partial charge is 0.487 e. The summed E-state index contributed by atoms with van der Waals surface area (Å²) in [5.41, 5.74) is 7.20. The predicted molar refractivity (Wildman–Crippen MR) is 69.5 cm³/mol. The van der Waals surface area contributed by atoms with Crippen molar-refractivity contribution in [3.8, 4) is 5.75 Å². The molecule has 0 atom stereocenters. The van der Waals surface area contributed by atoms with E-state index in [4.69, 9.17) is 10.5 Å². The molecule has 0 saturated heterocycles. The van der Waals surface area contributed by atoms with E-state index in [-0.39, 0.29) is 18.0 Å². The third-order valence-electron chi connectivity index (χ3n) is 3.46. The van der Waals surface area contributed by atoms with Crippen LogP contribution in [0.3, 0.4) is 0 Å². The minimum atomic E-state index is -0.296. The van der Waals surface area contributed by atoms with Gasteiger partial charge >= 0.3 is 5.97 Å². The third-order valence-corrected chi connectivity index (χ3v) is 3.46. The standard InChI is InChI=1S/C14H19NO3/c1-3-14(6-7-14)18-11-4-5-12(15)10(8-11)9-13(16)17-2/h4-5,8H,3,6-7,9,15H2,1-2H3. The molecule has 0 bridgehead atoms. The first kappa shape index (κ1) is 12.7. The van der Waals surface area contributed by atoms with Gasteiger partial charge < -0.3 is 15.2 Å². The minimum Gasteiger partial charge on any atom is -0.487 e. The summed E-state index contributed by atoms with van der Waals surface area (Å²) >= 11 is 0. The first-order valence-electron chi connectivity index (χ1n) is 6.23. The molecule has 2 rings (SSSR count). The van der Waals surface area contributed by atoms with E-state index in [1.165, 1.54) is 7.11 Å². The lowest BCUT2D eigenvalue weighted by Gasteiger charge is -2.17. The van der Waals surface area contributed by atoms with Crippen LogP contribution in [0.1, 0.15) is 31.7 Å². The number of rotatable bonds is 5. The highest BCUT2D eigenvalue weighted by molar-refractivity contribution is 5.75. The Morgan fingerprint density at radius 2 is 2.17 bits per heavy atom. The smallest absolute Gasteiger partial charge is 0.310 e. The van der Waals surface area contributed by atoms with Crippen LogP contribution in [0.5, 0.6) is 5.75 Å². The molecule has 0 spiro atoms. The van der Waals surface area contributed by atoms with Crippen molar-refractivity contribution in [1.82, 2.24) is 0 Å². The van der Waals surface area contributed by atoms with E-state index in [0.29, 0.717) is 5.69 Å². The van der Waals surface area contributed by atoms with E-state index < -0.39 is 0 Å². The highest BCUT2D eigenvalue weighted by Gasteiger charge is 2.43. The highest BCUT2D eigenvalue weighted by Crippen LogP contribution is 2.43. The Balaban J connectivity index is 2.13. The molecule has 1 aliphatic rings. The molecule has 2 N–H and O–H groups in total. The molecule has 1 aliphatic carbocycles. The van der Waals surface area contributed by atoms with Gasteiger partial charge in [-0.15, -0.1) is 0 Å². The van der Waals surface area contributed by atoms with E-state index >= 15 is 0 Å². The van der Waals surface area contributed by atoms with Gasteiger partial charge in [0.15, 0.2) is 0 Å². The van der Waals surface area contributed by atoms with Crippen molar-refractivity contribution in [3.63, 3.8) is 0 Å². The second kappa shape index (κ2) is 4.88. The van der Waals surface area contributed by atoms with Gasteiger partial charge in [0.05, 0.1) is 13.5 Å². The average molecular weight is 249 g/mol. The molecule has 18 heavy (non-hydrogen) atoms. The molecule has 0 heterocycles. The molecule has 4 heteroatoms. The molecule has 0 radical (unpaired) electrons. The molecule has 0 aromatic heterocycles. The maximum Gasteiger partial charge on any atom is 0.310 e. The number of benzene rings is 1. The number of ether oxygens (including phenoxy) is 2. The van der Waals surface area contributed by atoms with Crippen molar-refractivity contribution in [3.05, 3.63) is 23.8 Å². The zero-order valence-electron chi connectivity index (χ0n) is 10.9. The fraction of sp³-hybridized carbons (Fsp3) is 0.500. The van der Waals surface area contributed by atoms with Gasteiger partial charge in [0, 0.05) is 5.69 Å². The molecule has 1 aromatic carbocycles. The quantitative estimate of drug-likeness (QED) is 0.642. The summed E-state index contributed by atoms with van der Waals surface area (Å²) in [4.78, 5) is 11.3. The summed E-state index contributed by atoms with van der Waals surface area (Å²) in [6, 6.07) is 5.47. The average Bonchev–Trinajstić information content (AvgIpc) is 3.14. The van der Waals surface area contributed by atoms with Crippen LogP contribution in [0.15, 0.2) is 18.2 Å². The van der Waals surface area contributed by atoms with Crippen molar-refractivity contribution in [2.75, 3.05) is 12.8 Å². The number of nitrogen functional groups attached to an aromatic ring is 1. The number of carbonyl (C=O) groups excluding carboxylic acids is 1. The molecule has 0 amide bonds. The number of esters is 1. The number of hydrogen-bond donors (Lipinski definition) is 1. The van der Waals surface area contributed by atoms with Crippen LogP contribution < -0.4 is 10.5 Å². The van der Waals surface area contributed by atoms with E-state index in [9.17, 15) is 4.79 Å². The Morgan fingerprint density at radius 3 is 2.72 bits per heavy atom. The van der Waals surface area contributed by atoms with Crippen LogP contribution in [0.4, 0.5) is 5.69 Å². The molecule has 1 saturated carbocycles. The lowest BCUT2D eigenvalue weighted by Crippen LogP contribution is -2.16. The Kier molecular flexibility index (Phi) is 3.45. The van der Waals surface area contributed by atoms with Crippen molar-refractivity contribution < 1.29 is 14.3 Å². The molecular formula is C14H19NO3. The number of nitrogens with two attached hydrogens (primary N) is 1. The SMILES string of the molecule is CCC1(Oc2ccc(N)c(CC(=O)OC)c2)CC1. The number of anilines is 1. The van der Waals surface area contributed by atoms with Crippen LogP contribution in [0.2, 0.25) is 0 Å². The first-order valence-corrected chi connectivity index (χ1v) is 6.23. The van der Waals surface area contributed by atoms with Crippen LogP contribution in [-0.2, 0) is 16.0 Å². The fourth-order valence-electron chi connectivity index (χ4n) is 1.94. The van der Waals surface area contributed by atoms with Gasteiger partial charge in [-0.2, -0.15) is 0 Å². The van der Waals surface area contributed by atoms with Crippen molar-refractivity contribution in [2.24, 2.45) is 0 Å². The highest BCUT2D eigenvalue weighted by atomic mass is 16.5. The topological polar surface area (TPSA) is 61.5 Å². The van der Waals surface area contributed by atoms with Gasteiger partial charge in [0.1, 0.15) is 11.4 Å². The van der Waals surface area contributed by atoms with E-state index in [2.05, 4.69) is 11.7 Å². The third kappa shape index (κ3) is 2.75. The van der Waals surface area contributed by atoms with Crippen LogP contribution in [0, 0.1) is 0 Å². The van der Waals surface area contributed by atoms with E-state index in [1.54, 1.807) is 6.07 Å². The second-order valence-corrected chi connectivity index (χ2v) is 4.75. The van der Waals surface area contributed by atoms with Gasteiger partial charge in [-0.3, -0.25) is 4.79 Å². The van der Waals surface area contributed by atoms with Crippen molar-refractivity contribution >= 4 is 11.7 Å². The molecular weight excluding hydrogens is 230 g/mol. The Hall–Kier alpha value is -1.71. The normalized spacial score (nSPS) is 16.1. The minimum absolute atomic E-state index is 0.0126. The number of hydrogen-bond acceptors (Lipinski definition) is 4. The monoisotopic (exact) mass is 249 g/mol. The zero-order valence-corrected chi connectivity index (χ0v) is 10.9. The lowest BCUT2D eigenvalue weighted by atomic mass is 10.1. The van der Waals surface area contributed by atoms with Gasteiger partial charge in [0.25, 0.3) is 0 Å². The zero-order chi connectivity index (χ0) is 13.2. The maximum absolute atomic E-state index is 11.3. The van der Waals surface area contributed by atoms with Crippen molar-refractivity contribution in [2.45, 2.75) is 38.2 Å². The second-order valence-electron chi connectivity index (χ2n) is 4.75. The number of methoxy groups -OCH3 is 1. The maximum atomic E-state index is 11.3. The molecule has 98 valence electrons. The molecule has 1 aromatic rings. The van der Waals surface area contributed by atoms with E-state index in [0.717, 1.165) is 30.6 Å². The van der Waals surface area contributed by atoms with E-state index in [1.807, 2.05) is 12.1 Å². The number of carbonyl (C=O) groups is 1. The van der Waals surface area contributed by atoms with Gasteiger partial charge in [-0.1, -0.05) is 6.92 Å². The van der Waals surface area contributed by atoms with Gasteiger partial charge in [-0.05, 0) is 43.0 Å². The van der Waals surface area contributed by atoms with Gasteiger partial charge in [0.2, 0.25) is 0 Å². The summed E-state index contributed by atoms with van der Waals surface area (Å²) < 4.78 is 10.6. The van der Waals surface area contributed by atoms with Crippen LogP contribution >= 0.6 is 0 Å². The lowest BCUT2D eigenvalue weighted by molar-refractivity contribution is -0.139.